The largest absolute Gasteiger partial charge is 0.396 e. The third kappa shape index (κ3) is 3.47. The summed E-state index contributed by atoms with van der Waals surface area (Å²) in [5, 5.41) is 13.8. The molecule has 3 N–H and O–H groups in total. The van der Waals surface area contributed by atoms with Gasteiger partial charge in [-0.05, 0) is 25.0 Å². The second-order valence-electron chi connectivity index (χ2n) is 5.91. The van der Waals surface area contributed by atoms with Crippen molar-refractivity contribution in [2.75, 3.05) is 11.9 Å². The smallest absolute Gasteiger partial charge is 0.313 e. The van der Waals surface area contributed by atoms with Crippen molar-refractivity contribution in [2.24, 2.45) is 5.41 Å². The number of hydrogen-bond donors (Lipinski definition) is 3. The quantitative estimate of drug-likeness (QED) is 0.583. The van der Waals surface area contributed by atoms with E-state index in [2.05, 4.69) is 5.32 Å². The number of carbonyl (C=O) groups is 2. The van der Waals surface area contributed by atoms with Gasteiger partial charge in [-0.25, -0.2) is 13.2 Å². The van der Waals surface area contributed by atoms with E-state index < -0.39 is 40.4 Å². The molecule has 1 saturated carbocycles. The van der Waals surface area contributed by atoms with Crippen molar-refractivity contribution < 1.29 is 27.9 Å². The van der Waals surface area contributed by atoms with Crippen LogP contribution in [-0.2, 0) is 9.59 Å². The summed E-state index contributed by atoms with van der Waals surface area (Å²) in [6.45, 7) is 1.65. The predicted octanol–water partition coefficient (Wildman–Crippen LogP) is 1.71. The molecule has 8 heteroatoms. The number of benzene rings is 1. The lowest BCUT2D eigenvalue weighted by molar-refractivity contribution is -0.137. The zero-order valence-electron chi connectivity index (χ0n) is 12.5. The summed E-state index contributed by atoms with van der Waals surface area (Å²) < 4.78 is 39.4. The molecule has 5 nitrogen and oxygen atoms in total. The summed E-state index contributed by atoms with van der Waals surface area (Å²) in [7, 11) is 0. The maximum absolute atomic E-state index is 13.5. The Kier molecular flexibility index (Phi) is 4.93. The van der Waals surface area contributed by atoms with Crippen LogP contribution in [0.25, 0.3) is 0 Å². The van der Waals surface area contributed by atoms with Gasteiger partial charge in [-0.15, -0.1) is 0 Å². The van der Waals surface area contributed by atoms with Crippen LogP contribution in [0.1, 0.15) is 26.2 Å². The van der Waals surface area contributed by atoms with Gasteiger partial charge in [0.25, 0.3) is 0 Å². The highest BCUT2D eigenvalue weighted by molar-refractivity contribution is 6.39. The van der Waals surface area contributed by atoms with E-state index in [-0.39, 0.29) is 12.6 Å². The van der Waals surface area contributed by atoms with E-state index in [1.165, 1.54) is 0 Å². The lowest BCUT2D eigenvalue weighted by atomic mass is 9.86. The van der Waals surface area contributed by atoms with Crippen molar-refractivity contribution in [3.05, 3.63) is 29.6 Å². The lowest BCUT2D eigenvalue weighted by Crippen LogP contribution is -2.48. The average Bonchev–Trinajstić information content (AvgIpc) is 2.89. The Bertz CT molecular complexity index is 639. The minimum absolute atomic E-state index is 0.142. The van der Waals surface area contributed by atoms with Gasteiger partial charge in [0, 0.05) is 11.5 Å². The van der Waals surface area contributed by atoms with E-state index in [4.69, 9.17) is 0 Å². The number of halogens is 3. The number of aliphatic hydroxyl groups is 1. The molecule has 2 amide bonds. The SMILES string of the molecule is CC1(CO)CCCC1NC(=O)C(=O)Nc1ccc(F)c(F)c1F. The Morgan fingerprint density at radius 2 is 1.96 bits per heavy atom. The fourth-order valence-corrected chi connectivity index (χ4v) is 2.69. The molecule has 2 unspecified atom stereocenters. The third-order valence-electron chi connectivity index (χ3n) is 4.24. The normalized spacial score (nSPS) is 23.6. The molecule has 0 bridgehead atoms. The minimum atomic E-state index is -1.73. The molecule has 1 aromatic carbocycles. The van der Waals surface area contributed by atoms with Crippen molar-refractivity contribution in [1.82, 2.24) is 5.32 Å². The monoisotopic (exact) mass is 330 g/mol. The Labute approximate surface area is 130 Å². The number of aliphatic hydroxyl groups excluding tert-OH is 1. The molecule has 0 aromatic heterocycles. The first-order valence-electron chi connectivity index (χ1n) is 7.14. The van der Waals surface area contributed by atoms with Gasteiger partial charge < -0.3 is 15.7 Å². The fraction of sp³-hybridized carbons (Fsp3) is 0.467. The van der Waals surface area contributed by atoms with Gasteiger partial charge >= 0.3 is 11.8 Å². The van der Waals surface area contributed by atoms with Crippen molar-refractivity contribution in [1.29, 1.82) is 0 Å². The maximum Gasteiger partial charge on any atom is 0.313 e. The molecular formula is C15H17F3N2O3. The Morgan fingerprint density at radius 3 is 2.61 bits per heavy atom. The summed E-state index contributed by atoms with van der Waals surface area (Å²) in [6.07, 6.45) is 2.10. The average molecular weight is 330 g/mol. The number of hydrogen-bond acceptors (Lipinski definition) is 3. The molecule has 0 saturated heterocycles. The summed E-state index contributed by atoms with van der Waals surface area (Å²) in [5.41, 5.74) is -1.15. The van der Waals surface area contributed by atoms with E-state index in [1.54, 1.807) is 6.92 Å². The van der Waals surface area contributed by atoms with Gasteiger partial charge in [0.05, 0.1) is 12.3 Å². The Hall–Kier alpha value is -2.09. The Balaban J connectivity index is 2.04. The molecule has 2 atom stereocenters. The second kappa shape index (κ2) is 6.57. The molecular weight excluding hydrogens is 313 g/mol. The van der Waals surface area contributed by atoms with Gasteiger partial charge in [-0.1, -0.05) is 13.3 Å². The van der Waals surface area contributed by atoms with Crippen molar-refractivity contribution in [3.63, 3.8) is 0 Å². The fourth-order valence-electron chi connectivity index (χ4n) is 2.69. The maximum atomic E-state index is 13.5. The van der Waals surface area contributed by atoms with Gasteiger partial charge in [0.2, 0.25) is 0 Å². The van der Waals surface area contributed by atoms with Crippen LogP contribution in [0.5, 0.6) is 0 Å². The van der Waals surface area contributed by atoms with Crippen LogP contribution in [0.15, 0.2) is 12.1 Å². The van der Waals surface area contributed by atoms with Crippen LogP contribution in [0, 0.1) is 22.9 Å². The van der Waals surface area contributed by atoms with E-state index >= 15 is 0 Å². The zero-order chi connectivity index (χ0) is 17.2. The standard InChI is InChI=1S/C15H17F3N2O3/c1-15(7-21)6-2-3-10(15)20-14(23)13(22)19-9-5-4-8(16)11(17)12(9)18/h4-5,10,21H,2-3,6-7H2,1H3,(H,19,22)(H,20,23). The van der Waals surface area contributed by atoms with Crippen LogP contribution in [-0.4, -0.2) is 29.6 Å². The van der Waals surface area contributed by atoms with Crippen LogP contribution in [0.3, 0.4) is 0 Å². The summed E-state index contributed by atoms with van der Waals surface area (Å²) in [6, 6.07) is 1.08. The molecule has 0 aliphatic heterocycles. The van der Waals surface area contributed by atoms with E-state index in [1.807, 2.05) is 5.32 Å². The summed E-state index contributed by atoms with van der Waals surface area (Å²) in [5.74, 6) is -6.92. The molecule has 0 radical (unpaired) electrons. The van der Waals surface area contributed by atoms with Crippen molar-refractivity contribution in [2.45, 2.75) is 32.2 Å². The van der Waals surface area contributed by atoms with Crippen LogP contribution in [0.4, 0.5) is 18.9 Å². The molecule has 126 valence electrons. The zero-order valence-corrected chi connectivity index (χ0v) is 12.5. The van der Waals surface area contributed by atoms with E-state index in [0.29, 0.717) is 18.9 Å². The molecule has 2 rings (SSSR count). The topological polar surface area (TPSA) is 78.4 Å². The third-order valence-corrected chi connectivity index (χ3v) is 4.24. The van der Waals surface area contributed by atoms with Gasteiger partial charge in [0.1, 0.15) is 0 Å². The molecule has 1 aliphatic carbocycles. The number of anilines is 1. The number of amides is 2. The minimum Gasteiger partial charge on any atom is -0.396 e. The molecule has 0 heterocycles. The highest BCUT2D eigenvalue weighted by Gasteiger charge is 2.39. The van der Waals surface area contributed by atoms with E-state index in [0.717, 1.165) is 12.5 Å². The summed E-state index contributed by atoms with van der Waals surface area (Å²) >= 11 is 0. The number of rotatable bonds is 3. The molecule has 1 aromatic rings. The highest BCUT2D eigenvalue weighted by Crippen LogP contribution is 2.37. The van der Waals surface area contributed by atoms with Gasteiger partial charge in [-0.2, -0.15) is 0 Å². The summed E-state index contributed by atoms with van der Waals surface area (Å²) in [4.78, 5) is 23.7. The molecule has 1 aliphatic rings. The molecule has 1 fully saturated rings. The highest BCUT2D eigenvalue weighted by atomic mass is 19.2. The van der Waals surface area contributed by atoms with Crippen LogP contribution in [0.2, 0.25) is 0 Å². The Morgan fingerprint density at radius 1 is 1.26 bits per heavy atom. The predicted molar refractivity (Wildman–Crippen MR) is 75.9 cm³/mol. The van der Waals surface area contributed by atoms with Crippen molar-refractivity contribution in [3.8, 4) is 0 Å². The first-order chi connectivity index (χ1) is 10.8. The van der Waals surface area contributed by atoms with Crippen LogP contribution < -0.4 is 10.6 Å². The second-order valence-corrected chi connectivity index (χ2v) is 5.91. The first kappa shape index (κ1) is 17.3. The first-order valence-corrected chi connectivity index (χ1v) is 7.14. The van der Waals surface area contributed by atoms with E-state index in [9.17, 15) is 27.9 Å². The number of nitrogens with one attached hydrogen (secondary N) is 2. The molecule has 23 heavy (non-hydrogen) atoms. The van der Waals surface area contributed by atoms with Gasteiger partial charge in [-0.3, -0.25) is 9.59 Å². The van der Waals surface area contributed by atoms with Crippen LogP contribution >= 0.6 is 0 Å². The molecule has 0 spiro atoms. The lowest BCUT2D eigenvalue weighted by Gasteiger charge is -2.29. The number of carbonyl (C=O) groups excluding carboxylic acids is 2. The van der Waals surface area contributed by atoms with Crippen molar-refractivity contribution >= 4 is 17.5 Å². The van der Waals surface area contributed by atoms with Gasteiger partial charge in [0.15, 0.2) is 17.5 Å².